The number of phenols is 1. The molecule has 0 radical (unpaired) electrons. The zero-order valence-corrected chi connectivity index (χ0v) is 15.0. The maximum Gasteiger partial charge on any atom is 0.497 e. The summed E-state index contributed by atoms with van der Waals surface area (Å²) in [5, 5.41) is 9.98. The topological polar surface area (TPSA) is 105 Å². The number of amides is 1. The lowest BCUT2D eigenvalue weighted by Gasteiger charge is -2.32. The Balaban J connectivity index is 2.07. The van der Waals surface area contributed by atoms with Crippen molar-refractivity contribution < 1.29 is 32.0 Å². The number of carbonyl (C=O) groups is 1. The highest BCUT2D eigenvalue weighted by Crippen LogP contribution is 2.38. The first kappa shape index (κ1) is 18.0. The van der Waals surface area contributed by atoms with Gasteiger partial charge in [-0.1, -0.05) is 6.07 Å². The van der Waals surface area contributed by atoms with E-state index in [1.807, 2.05) is 0 Å². The predicted molar refractivity (Wildman–Crippen MR) is 88.2 cm³/mol. The summed E-state index contributed by atoms with van der Waals surface area (Å²) in [6.45, 7) is 6.54. The molecule has 0 atom stereocenters. The number of hydrogen-bond acceptors (Lipinski definition) is 6. The Morgan fingerprint density at radius 2 is 1.80 bits per heavy atom. The molecule has 11 heteroatoms. The SMILES string of the molecule is CC1(C)OB(c2ccc(O)c(N3CC(=O)NS3(=O)=O)c2F)OC1(C)C. The molecule has 8 nitrogen and oxygen atoms in total. The van der Waals surface area contributed by atoms with Gasteiger partial charge < -0.3 is 14.4 Å². The fourth-order valence-electron chi connectivity index (χ4n) is 2.61. The number of nitrogens with one attached hydrogen (secondary N) is 1. The number of carbonyl (C=O) groups excluding carboxylic acids is 1. The lowest BCUT2D eigenvalue weighted by molar-refractivity contribution is -0.117. The molecular weight excluding hydrogens is 354 g/mol. The molecule has 0 bridgehead atoms. The van der Waals surface area contributed by atoms with Crippen LogP contribution in [0, 0.1) is 5.82 Å². The third kappa shape index (κ3) is 2.76. The van der Waals surface area contributed by atoms with Crippen LogP contribution >= 0.6 is 0 Å². The fraction of sp³-hybridized carbons (Fsp3) is 0.500. The molecule has 2 N–H and O–H groups in total. The molecular formula is C14H18BFN2O6S. The first-order valence-electron chi connectivity index (χ1n) is 7.56. The smallest absolute Gasteiger partial charge is 0.497 e. The molecule has 2 saturated heterocycles. The third-order valence-electron chi connectivity index (χ3n) is 4.70. The van der Waals surface area contributed by atoms with E-state index in [4.69, 9.17) is 9.31 Å². The van der Waals surface area contributed by atoms with Gasteiger partial charge in [-0.05, 0) is 33.8 Å². The van der Waals surface area contributed by atoms with E-state index in [2.05, 4.69) is 0 Å². The highest BCUT2D eigenvalue weighted by atomic mass is 32.2. The maximum absolute atomic E-state index is 15.0. The van der Waals surface area contributed by atoms with Crippen LogP contribution in [0.25, 0.3) is 0 Å². The molecule has 0 saturated carbocycles. The van der Waals surface area contributed by atoms with Gasteiger partial charge in [0.1, 0.15) is 18.0 Å². The van der Waals surface area contributed by atoms with Crippen LogP contribution in [0.2, 0.25) is 0 Å². The molecule has 2 heterocycles. The van der Waals surface area contributed by atoms with Gasteiger partial charge in [-0.2, -0.15) is 8.42 Å². The zero-order chi connectivity index (χ0) is 18.8. The number of halogens is 1. The average Bonchev–Trinajstić information content (AvgIpc) is 2.81. The normalized spacial score (nSPS) is 23.8. The van der Waals surface area contributed by atoms with Gasteiger partial charge in [-0.15, -0.1) is 0 Å². The Labute approximate surface area is 145 Å². The summed E-state index contributed by atoms with van der Waals surface area (Å²) in [7, 11) is -5.35. The van der Waals surface area contributed by atoms with Gasteiger partial charge in [-0.25, -0.2) is 13.4 Å². The molecule has 1 amide bonds. The molecule has 1 aromatic rings. The first-order valence-corrected chi connectivity index (χ1v) is 9.00. The summed E-state index contributed by atoms with van der Waals surface area (Å²) < 4.78 is 52.7. The van der Waals surface area contributed by atoms with Gasteiger partial charge >= 0.3 is 17.3 Å². The molecule has 0 spiro atoms. The summed E-state index contributed by atoms with van der Waals surface area (Å²) >= 11 is 0. The molecule has 2 aliphatic rings. The lowest BCUT2D eigenvalue weighted by Crippen LogP contribution is -2.41. The van der Waals surface area contributed by atoms with Crippen LogP contribution in [0.1, 0.15) is 27.7 Å². The third-order valence-corrected chi connectivity index (χ3v) is 6.08. The van der Waals surface area contributed by atoms with E-state index in [-0.39, 0.29) is 5.46 Å². The van der Waals surface area contributed by atoms with Gasteiger partial charge in [0.15, 0.2) is 5.82 Å². The minimum Gasteiger partial charge on any atom is -0.506 e. The lowest BCUT2D eigenvalue weighted by atomic mass is 9.78. The summed E-state index contributed by atoms with van der Waals surface area (Å²) in [5.74, 6) is -2.46. The Hall–Kier alpha value is -1.85. The second-order valence-corrected chi connectivity index (χ2v) is 8.56. The van der Waals surface area contributed by atoms with Gasteiger partial charge in [0, 0.05) is 5.46 Å². The molecule has 3 rings (SSSR count). The van der Waals surface area contributed by atoms with E-state index in [0.29, 0.717) is 4.31 Å². The van der Waals surface area contributed by atoms with Crippen LogP contribution in [-0.4, -0.2) is 44.3 Å². The van der Waals surface area contributed by atoms with E-state index in [1.54, 1.807) is 32.4 Å². The summed E-state index contributed by atoms with van der Waals surface area (Å²) in [6, 6.07) is 2.39. The van der Waals surface area contributed by atoms with Gasteiger partial charge in [0.05, 0.1) is 11.2 Å². The molecule has 25 heavy (non-hydrogen) atoms. The standard InChI is InChI=1S/C14H18BFN2O6S/c1-13(2)14(3,4)24-15(23-13)8-5-6-9(19)12(11(8)16)18-7-10(20)17-25(18,21)22/h5-6,19H,7H2,1-4H3,(H,17,20). The zero-order valence-electron chi connectivity index (χ0n) is 14.2. The Kier molecular flexibility index (Phi) is 3.82. The van der Waals surface area contributed by atoms with Gasteiger partial charge in [-0.3, -0.25) is 4.79 Å². The molecule has 0 aliphatic carbocycles. The summed E-state index contributed by atoms with van der Waals surface area (Å²) in [5.41, 5.74) is -2.13. The average molecular weight is 372 g/mol. The Morgan fingerprint density at radius 1 is 1.24 bits per heavy atom. The molecule has 2 fully saturated rings. The van der Waals surface area contributed by atoms with Crippen molar-refractivity contribution in [1.29, 1.82) is 0 Å². The van der Waals surface area contributed by atoms with Crippen LogP contribution in [0.5, 0.6) is 5.75 Å². The highest BCUT2D eigenvalue weighted by Gasteiger charge is 2.53. The Bertz CT molecular complexity index is 841. The van der Waals surface area contributed by atoms with Crippen molar-refractivity contribution in [3.8, 4) is 5.75 Å². The van der Waals surface area contributed by atoms with Gasteiger partial charge in [0.2, 0.25) is 0 Å². The van der Waals surface area contributed by atoms with Crippen molar-refractivity contribution in [2.75, 3.05) is 10.8 Å². The van der Waals surface area contributed by atoms with Gasteiger partial charge in [0.25, 0.3) is 5.91 Å². The first-order chi connectivity index (χ1) is 11.4. The van der Waals surface area contributed by atoms with Crippen LogP contribution < -0.4 is 14.5 Å². The fourth-order valence-corrected chi connectivity index (χ4v) is 3.77. The second-order valence-electron chi connectivity index (χ2n) is 6.96. The largest absolute Gasteiger partial charge is 0.506 e. The quantitative estimate of drug-likeness (QED) is 0.709. The second kappa shape index (κ2) is 5.32. The number of aromatic hydroxyl groups is 1. The van der Waals surface area contributed by atoms with E-state index < -0.39 is 58.2 Å². The number of benzene rings is 1. The van der Waals surface area contributed by atoms with Crippen molar-refractivity contribution in [2.24, 2.45) is 0 Å². The van der Waals surface area contributed by atoms with E-state index >= 15 is 4.39 Å². The van der Waals surface area contributed by atoms with E-state index in [0.717, 1.165) is 6.07 Å². The van der Waals surface area contributed by atoms with Crippen LogP contribution in [0.4, 0.5) is 10.1 Å². The van der Waals surface area contributed by atoms with Crippen molar-refractivity contribution in [3.05, 3.63) is 17.9 Å². The highest BCUT2D eigenvalue weighted by molar-refractivity contribution is 7.92. The minimum atomic E-state index is -4.27. The van der Waals surface area contributed by atoms with Crippen LogP contribution in [0.3, 0.4) is 0 Å². The number of nitrogens with zero attached hydrogens (tertiary/aromatic N) is 1. The van der Waals surface area contributed by atoms with E-state index in [9.17, 15) is 18.3 Å². The van der Waals surface area contributed by atoms with Crippen LogP contribution in [0.15, 0.2) is 12.1 Å². The molecule has 0 unspecified atom stereocenters. The molecule has 2 aliphatic heterocycles. The minimum absolute atomic E-state index is 0.0685. The monoisotopic (exact) mass is 372 g/mol. The molecule has 1 aromatic carbocycles. The van der Waals surface area contributed by atoms with Crippen molar-refractivity contribution in [2.45, 2.75) is 38.9 Å². The number of anilines is 1. The van der Waals surface area contributed by atoms with Crippen molar-refractivity contribution in [3.63, 3.8) is 0 Å². The van der Waals surface area contributed by atoms with Crippen molar-refractivity contribution in [1.82, 2.24) is 4.72 Å². The maximum atomic E-state index is 15.0. The number of rotatable bonds is 2. The Morgan fingerprint density at radius 3 is 2.28 bits per heavy atom. The summed E-state index contributed by atoms with van der Waals surface area (Å²) in [6.07, 6.45) is 0. The van der Waals surface area contributed by atoms with Crippen LogP contribution in [-0.2, 0) is 24.3 Å². The molecule has 0 aromatic heterocycles. The number of hydrogen-bond donors (Lipinski definition) is 2. The predicted octanol–water partition coefficient (Wildman–Crippen LogP) is 0.0115. The van der Waals surface area contributed by atoms with Crippen molar-refractivity contribution >= 4 is 34.4 Å². The van der Waals surface area contributed by atoms with E-state index in [1.165, 1.54) is 6.07 Å². The summed E-state index contributed by atoms with van der Waals surface area (Å²) in [4.78, 5) is 11.4. The number of phenolic OH excluding ortho intramolecular Hbond substituents is 1. The molecule has 136 valence electrons.